The summed E-state index contributed by atoms with van der Waals surface area (Å²) in [7, 11) is 0. The average molecular weight is 308 g/mol. The van der Waals surface area contributed by atoms with Crippen molar-refractivity contribution in [3.63, 3.8) is 0 Å². The van der Waals surface area contributed by atoms with Crippen molar-refractivity contribution in [1.29, 1.82) is 0 Å². The quantitative estimate of drug-likeness (QED) is 0.824. The molecule has 0 aliphatic heterocycles. The van der Waals surface area contributed by atoms with Crippen LogP contribution in [0.25, 0.3) is 0 Å². The minimum Gasteiger partial charge on any atom is -0.399 e. The van der Waals surface area contributed by atoms with E-state index in [1.807, 2.05) is 36.4 Å². The normalized spacial score (nSPS) is 15.3. The fraction of sp³-hybridized carbons (Fsp3) is 0.350. The van der Waals surface area contributed by atoms with Gasteiger partial charge in [-0.25, -0.2) is 0 Å². The molecule has 3 heteroatoms. The maximum absolute atomic E-state index is 12.3. The highest BCUT2D eigenvalue weighted by atomic mass is 16.1. The van der Waals surface area contributed by atoms with E-state index in [9.17, 15) is 4.79 Å². The van der Waals surface area contributed by atoms with E-state index in [2.05, 4.69) is 17.4 Å². The lowest BCUT2D eigenvalue weighted by Crippen LogP contribution is -2.24. The number of amides is 1. The second kappa shape index (κ2) is 7.32. The van der Waals surface area contributed by atoms with Crippen molar-refractivity contribution >= 4 is 17.3 Å². The first-order chi connectivity index (χ1) is 11.2. The first kappa shape index (κ1) is 15.6. The third-order valence-corrected chi connectivity index (χ3v) is 4.59. The molecule has 3 nitrogen and oxygen atoms in total. The molecule has 23 heavy (non-hydrogen) atoms. The lowest BCUT2D eigenvalue weighted by Gasteiger charge is -2.20. The number of carbonyl (C=O) groups excluding carboxylic acids is 1. The molecule has 0 saturated heterocycles. The van der Waals surface area contributed by atoms with Crippen molar-refractivity contribution < 1.29 is 4.79 Å². The molecule has 1 amide bonds. The van der Waals surface area contributed by atoms with Gasteiger partial charge in [0, 0.05) is 17.3 Å². The summed E-state index contributed by atoms with van der Waals surface area (Å²) in [5.41, 5.74) is 9.85. The Balaban J connectivity index is 1.58. The zero-order valence-electron chi connectivity index (χ0n) is 13.4. The van der Waals surface area contributed by atoms with E-state index in [-0.39, 0.29) is 11.8 Å². The monoisotopic (exact) mass is 308 g/mol. The van der Waals surface area contributed by atoms with E-state index in [0.717, 1.165) is 30.6 Å². The van der Waals surface area contributed by atoms with Gasteiger partial charge >= 0.3 is 0 Å². The molecule has 2 aromatic rings. The van der Waals surface area contributed by atoms with Gasteiger partial charge in [-0.15, -0.1) is 0 Å². The van der Waals surface area contributed by atoms with Crippen molar-refractivity contribution in [2.75, 3.05) is 11.1 Å². The molecular weight excluding hydrogens is 284 g/mol. The molecule has 0 spiro atoms. The Bertz CT molecular complexity index is 640. The van der Waals surface area contributed by atoms with Crippen LogP contribution in [0.3, 0.4) is 0 Å². The van der Waals surface area contributed by atoms with Crippen LogP contribution in [0.2, 0.25) is 0 Å². The number of nitrogens with two attached hydrogens (primary N) is 1. The highest BCUT2D eigenvalue weighted by Gasteiger charge is 2.20. The van der Waals surface area contributed by atoms with Gasteiger partial charge in [-0.2, -0.15) is 0 Å². The Labute approximate surface area is 137 Å². The minimum absolute atomic E-state index is 0.177. The van der Waals surface area contributed by atoms with E-state index in [1.165, 1.54) is 30.4 Å². The summed E-state index contributed by atoms with van der Waals surface area (Å²) in [5, 5.41) is 3.05. The highest BCUT2D eigenvalue weighted by Crippen LogP contribution is 2.25. The van der Waals surface area contributed by atoms with Crippen LogP contribution in [0.5, 0.6) is 0 Å². The van der Waals surface area contributed by atoms with Crippen LogP contribution in [0.15, 0.2) is 48.5 Å². The standard InChI is InChI=1S/C20H24N2O/c21-18-10-6-15(7-11-18)14-16-8-12-19(13-9-16)22-20(23)17-4-2-1-3-5-17/h6-13,17H,1-5,14,21H2,(H,22,23). The van der Waals surface area contributed by atoms with E-state index >= 15 is 0 Å². The number of rotatable bonds is 4. The van der Waals surface area contributed by atoms with E-state index < -0.39 is 0 Å². The Hall–Kier alpha value is -2.29. The smallest absolute Gasteiger partial charge is 0.227 e. The number of nitrogens with one attached hydrogen (secondary N) is 1. The Morgan fingerprint density at radius 3 is 2.09 bits per heavy atom. The second-order valence-electron chi connectivity index (χ2n) is 6.44. The SMILES string of the molecule is Nc1ccc(Cc2ccc(NC(=O)C3CCCCC3)cc2)cc1. The van der Waals surface area contributed by atoms with Gasteiger partial charge in [-0.3, -0.25) is 4.79 Å². The number of hydrogen-bond donors (Lipinski definition) is 2. The molecule has 0 heterocycles. The number of nitrogen functional groups attached to an aromatic ring is 1. The molecule has 120 valence electrons. The number of benzene rings is 2. The van der Waals surface area contributed by atoms with Gasteiger partial charge in [0.15, 0.2) is 0 Å². The lowest BCUT2D eigenvalue weighted by molar-refractivity contribution is -0.120. The molecule has 0 bridgehead atoms. The van der Waals surface area contributed by atoms with Gasteiger partial charge in [0.25, 0.3) is 0 Å². The zero-order chi connectivity index (χ0) is 16.1. The fourth-order valence-corrected chi connectivity index (χ4v) is 3.19. The van der Waals surface area contributed by atoms with Crippen molar-refractivity contribution in [3.8, 4) is 0 Å². The third kappa shape index (κ3) is 4.35. The van der Waals surface area contributed by atoms with E-state index in [4.69, 9.17) is 5.73 Å². The highest BCUT2D eigenvalue weighted by molar-refractivity contribution is 5.92. The predicted molar refractivity (Wildman–Crippen MR) is 95.3 cm³/mol. The summed E-state index contributed by atoms with van der Waals surface area (Å²) < 4.78 is 0. The third-order valence-electron chi connectivity index (χ3n) is 4.59. The summed E-state index contributed by atoms with van der Waals surface area (Å²) in [4.78, 5) is 12.3. The summed E-state index contributed by atoms with van der Waals surface area (Å²) in [6, 6.07) is 16.1. The van der Waals surface area contributed by atoms with Crippen LogP contribution in [0.4, 0.5) is 11.4 Å². The summed E-state index contributed by atoms with van der Waals surface area (Å²) in [6.07, 6.45) is 6.56. The second-order valence-corrected chi connectivity index (χ2v) is 6.44. The van der Waals surface area contributed by atoms with Gasteiger partial charge in [0.1, 0.15) is 0 Å². The van der Waals surface area contributed by atoms with Crippen LogP contribution >= 0.6 is 0 Å². The van der Waals surface area contributed by atoms with E-state index in [1.54, 1.807) is 0 Å². The van der Waals surface area contributed by atoms with Crippen LogP contribution in [-0.4, -0.2) is 5.91 Å². The molecule has 1 saturated carbocycles. The molecule has 1 fully saturated rings. The first-order valence-corrected chi connectivity index (χ1v) is 8.45. The fourth-order valence-electron chi connectivity index (χ4n) is 3.19. The van der Waals surface area contributed by atoms with Gasteiger partial charge in [-0.1, -0.05) is 43.5 Å². The molecule has 1 aliphatic rings. The summed E-state index contributed by atoms with van der Waals surface area (Å²) in [6.45, 7) is 0. The zero-order valence-corrected chi connectivity index (χ0v) is 13.4. The largest absolute Gasteiger partial charge is 0.399 e. The maximum atomic E-state index is 12.3. The van der Waals surface area contributed by atoms with Crippen molar-refractivity contribution in [3.05, 3.63) is 59.7 Å². The van der Waals surface area contributed by atoms with Gasteiger partial charge in [-0.05, 0) is 54.7 Å². The maximum Gasteiger partial charge on any atom is 0.227 e. The number of carbonyl (C=O) groups is 1. The average Bonchev–Trinajstić information content (AvgIpc) is 2.59. The Kier molecular flexibility index (Phi) is 4.96. The van der Waals surface area contributed by atoms with E-state index in [0.29, 0.717) is 0 Å². The molecule has 0 aromatic heterocycles. The number of hydrogen-bond acceptors (Lipinski definition) is 2. The summed E-state index contributed by atoms with van der Waals surface area (Å²) >= 11 is 0. The van der Waals surface area contributed by atoms with Crippen molar-refractivity contribution in [1.82, 2.24) is 0 Å². The van der Waals surface area contributed by atoms with Gasteiger partial charge in [0.05, 0.1) is 0 Å². The molecule has 2 aromatic carbocycles. The number of anilines is 2. The Morgan fingerprint density at radius 1 is 0.913 bits per heavy atom. The molecular formula is C20H24N2O. The molecule has 0 radical (unpaired) electrons. The Morgan fingerprint density at radius 2 is 1.48 bits per heavy atom. The van der Waals surface area contributed by atoms with Gasteiger partial charge < -0.3 is 11.1 Å². The van der Waals surface area contributed by atoms with Crippen LogP contribution in [0.1, 0.15) is 43.2 Å². The summed E-state index contributed by atoms with van der Waals surface area (Å²) in [5.74, 6) is 0.370. The molecule has 0 atom stereocenters. The molecule has 3 rings (SSSR count). The van der Waals surface area contributed by atoms with Crippen molar-refractivity contribution in [2.45, 2.75) is 38.5 Å². The minimum atomic E-state index is 0.177. The predicted octanol–water partition coefficient (Wildman–Crippen LogP) is 4.38. The molecule has 1 aliphatic carbocycles. The van der Waals surface area contributed by atoms with Crippen LogP contribution in [-0.2, 0) is 11.2 Å². The lowest BCUT2D eigenvalue weighted by atomic mass is 9.88. The van der Waals surface area contributed by atoms with Crippen LogP contribution in [0, 0.1) is 5.92 Å². The first-order valence-electron chi connectivity index (χ1n) is 8.45. The topological polar surface area (TPSA) is 55.1 Å². The molecule has 3 N–H and O–H groups in total. The van der Waals surface area contributed by atoms with Gasteiger partial charge in [0.2, 0.25) is 5.91 Å². The molecule has 0 unspecified atom stereocenters. The van der Waals surface area contributed by atoms with Crippen molar-refractivity contribution in [2.24, 2.45) is 5.92 Å². The van der Waals surface area contributed by atoms with Crippen LogP contribution < -0.4 is 11.1 Å².